The van der Waals surface area contributed by atoms with Crippen LogP contribution < -0.4 is 5.32 Å². The number of nitrogens with one attached hydrogen (secondary N) is 1. The van der Waals surface area contributed by atoms with Crippen LogP contribution in [0.25, 0.3) is 0 Å². The first-order valence-corrected chi connectivity index (χ1v) is 7.66. The minimum absolute atomic E-state index is 0.00433. The van der Waals surface area contributed by atoms with Crippen LogP contribution in [0, 0.1) is 5.92 Å². The molecule has 0 aromatic heterocycles. The van der Waals surface area contributed by atoms with E-state index in [0.717, 1.165) is 24.8 Å². The summed E-state index contributed by atoms with van der Waals surface area (Å²) in [6.45, 7) is 6.15. The number of nitrogens with zero attached hydrogens (tertiary/aromatic N) is 1. The molecule has 2 rings (SSSR count). The summed E-state index contributed by atoms with van der Waals surface area (Å²) in [6.07, 6.45) is 7.57. The number of rotatable bonds is 7. The Morgan fingerprint density at radius 2 is 2.00 bits per heavy atom. The molecular formula is C15H30N2O. The maximum Gasteiger partial charge on any atom is 0.0613 e. The van der Waals surface area contributed by atoms with Crippen LogP contribution >= 0.6 is 0 Å². The van der Waals surface area contributed by atoms with Gasteiger partial charge in [-0.15, -0.1) is 0 Å². The van der Waals surface area contributed by atoms with Crippen LogP contribution in [0.3, 0.4) is 0 Å². The first kappa shape index (κ1) is 14.3. The molecule has 0 aromatic carbocycles. The summed E-state index contributed by atoms with van der Waals surface area (Å²) in [6, 6.07) is 1.54. The Morgan fingerprint density at radius 3 is 2.44 bits per heavy atom. The Labute approximate surface area is 112 Å². The van der Waals surface area contributed by atoms with Gasteiger partial charge in [-0.05, 0) is 58.0 Å². The summed E-state index contributed by atoms with van der Waals surface area (Å²) < 4.78 is 0. The molecule has 2 aliphatic carbocycles. The van der Waals surface area contributed by atoms with Gasteiger partial charge in [0, 0.05) is 17.6 Å². The summed E-state index contributed by atoms with van der Waals surface area (Å²) in [5.74, 6) is 0.791. The summed E-state index contributed by atoms with van der Waals surface area (Å²) >= 11 is 0. The van der Waals surface area contributed by atoms with Crippen LogP contribution in [0.15, 0.2) is 0 Å². The molecule has 0 spiro atoms. The lowest BCUT2D eigenvalue weighted by atomic mass is 9.98. The smallest absolute Gasteiger partial charge is 0.0613 e. The molecule has 2 atom stereocenters. The normalized spacial score (nSPS) is 32.7. The molecule has 2 N–H and O–H groups in total. The number of hydrogen-bond acceptors (Lipinski definition) is 3. The first-order valence-electron chi connectivity index (χ1n) is 7.66. The second kappa shape index (κ2) is 5.89. The van der Waals surface area contributed by atoms with E-state index >= 15 is 0 Å². The van der Waals surface area contributed by atoms with Crippen LogP contribution in [0.5, 0.6) is 0 Å². The molecule has 0 saturated heterocycles. The fraction of sp³-hybridized carbons (Fsp3) is 1.00. The molecule has 2 aliphatic rings. The van der Waals surface area contributed by atoms with E-state index < -0.39 is 0 Å². The van der Waals surface area contributed by atoms with Crippen molar-refractivity contribution in [3.63, 3.8) is 0 Å². The van der Waals surface area contributed by atoms with Crippen LogP contribution in [0.2, 0.25) is 0 Å². The lowest BCUT2D eigenvalue weighted by Gasteiger charge is -2.32. The van der Waals surface area contributed by atoms with Gasteiger partial charge in [-0.1, -0.05) is 13.8 Å². The van der Waals surface area contributed by atoms with Gasteiger partial charge in [0.25, 0.3) is 0 Å². The van der Waals surface area contributed by atoms with Crippen LogP contribution in [0.1, 0.15) is 52.4 Å². The van der Waals surface area contributed by atoms with Crippen molar-refractivity contribution in [1.82, 2.24) is 10.2 Å². The fourth-order valence-electron chi connectivity index (χ4n) is 3.31. The van der Waals surface area contributed by atoms with Crippen molar-refractivity contribution in [2.75, 3.05) is 20.2 Å². The van der Waals surface area contributed by atoms with Gasteiger partial charge in [0.1, 0.15) is 0 Å². The number of aliphatic hydroxyl groups is 1. The molecule has 18 heavy (non-hydrogen) atoms. The van der Waals surface area contributed by atoms with Gasteiger partial charge in [0.05, 0.1) is 6.61 Å². The number of aliphatic hydroxyl groups excluding tert-OH is 1. The first-order chi connectivity index (χ1) is 8.60. The molecule has 0 amide bonds. The molecule has 2 fully saturated rings. The highest BCUT2D eigenvalue weighted by Gasteiger charge is 2.43. The average molecular weight is 254 g/mol. The van der Waals surface area contributed by atoms with E-state index in [4.69, 9.17) is 0 Å². The van der Waals surface area contributed by atoms with Crippen molar-refractivity contribution in [3.05, 3.63) is 0 Å². The maximum atomic E-state index is 9.61. The van der Waals surface area contributed by atoms with Crippen LogP contribution in [-0.4, -0.2) is 47.8 Å². The van der Waals surface area contributed by atoms with Crippen molar-refractivity contribution < 1.29 is 5.11 Å². The number of hydrogen-bond donors (Lipinski definition) is 2. The van der Waals surface area contributed by atoms with E-state index in [-0.39, 0.29) is 12.1 Å². The van der Waals surface area contributed by atoms with Crippen molar-refractivity contribution >= 4 is 0 Å². The predicted molar refractivity (Wildman–Crippen MR) is 75.7 cm³/mol. The molecule has 3 heteroatoms. The van der Waals surface area contributed by atoms with Crippen LogP contribution in [0.4, 0.5) is 0 Å². The third kappa shape index (κ3) is 3.25. The molecule has 0 bridgehead atoms. The average Bonchev–Trinajstić information content (AvgIpc) is 3.09. The van der Waals surface area contributed by atoms with E-state index in [1.165, 1.54) is 32.2 Å². The van der Waals surface area contributed by atoms with Gasteiger partial charge in [-0.25, -0.2) is 0 Å². The Morgan fingerprint density at radius 1 is 1.28 bits per heavy atom. The number of likely N-dealkylation sites (N-methyl/N-ethyl adjacent to an activating group) is 1. The standard InChI is InChI=1S/C15H30N2O/c1-12(2)7-9-17(13-4-5-13)14-6-8-15(10-14,11-18)16-3/h12-14,16,18H,4-11H2,1-3H3. The van der Waals surface area contributed by atoms with Crippen LogP contribution in [-0.2, 0) is 0 Å². The molecule has 3 nitrogen and oxygen atoms in total. The minimum atomic E-state index is -0.00433. The Hall–Kier alpha value is -0.120. The molecule has 106 valence electrons. The van der Waals surface area contributed by atoms with Gasteiger partial charge in [0.15, 0.2) is 0 Å². The zero-order chi connectivity index (χ0) is 13.2. The van der Waals surface area contributed by atoms with Gasteiger partial charge < -0.3 is 10.4 Å². The summed E-state index contributed by atoms with van der Waals surface area (Å²) in [5.41, 5.74) is -0.00433. The molecule has 0 aliphatic heterocycles. The SMILES string of the molecule is CNC1(CO)CCC(N(CCC(C)C)C2CC2)C1. The highest BCUT2D eigenvalue weighted by molar-refractivity contribution is 5.01. The lowest BCUT2D eigenvalue weighted by molar-refractivity contribution is 0.140. The van der Waals surface area contributed by atoms with E-state index in [0.29, 0.717) is 6.04 Å². The molecule has 0 heterocycles. The van der Waals surface area contributed by atoms with Crippen molar-refractivity contribution in [2.45, 2.75) is 70.0 Å². The molecule has 0 radical (unpaired) electrons. The molecule has 0 aromatic rings. The molecule has 2 unspecified atom stereocenters. The Balaban J connectivity index is 1.91. The van der Waals surface area contributed by atoms with E-state index in [9.17, 15) is 5.11 Å². The zero-order valence-corrected chi connectivity index (χ0v) is 12.3. The predicted octanol–water partition coefficient (Wildman–Crippen LogP) is 2.00. The van der Waals surface area contributed by atoms with E-state index in [1.807, 2.05) is 7.05 Å². The van der Waals surface area contributed by atoms with Gasteiger partial charge in [0.2, 0.25) is 0 Å². The summed E-state index contributed by atoms with van der Waals surface area (Å²) in [7, 11) is 1.99. The minimum Gasteiger partial charge on any atom is -0.394 e. The lowest BCUT2D eigenvalue weighted by Crippen LogP contribution is -2.46. The third-order valence-corrected chi connectivity index (χ3v) is 4.87. The Kier molecular flexibility index (Phi) is 4.68. The second-order valence-electron chi connectivity index (χ2n) is 6.74. The highest BCUT2D eigenvalue weighted by atomic mass is 16.3. The van der Waals surface area contributed by atoms with Gasteiger partial charge in [-0.3, -0.25) is 4.90 Å². The third-order valence-electron chi connectivity index (χ3n) is 4.87. The highest BCUT2D eigenvalue weighted by Crippen LogP contribution is 2.38. The molecular weight excluding hydrogens is 224 g/mol. The van der Waals surface area contributed by atoms with Gasteiger partial charge >= 0.3 is 0 Å². The van der Waals surface area contributed by atoms with Crippen molar-refractivity contribution in [2.24, 2.45) is 5.92 Å². The van der Waals surface area contributed by atoms with E-state index in [1.54, 1.807) is 0 Å². The largest absolute Gasteiger partial charge is 0.394 e. The maximum absolute atomic E-state index is 9.61. The topological polar surface area (TPSA) is 35.5 Å². The monoisotopic (exact) mass is 254 g/mol. The quantitative estimate of drug-likeness (QED) is 0.729. The fourth-order valence-corrected chi connectivity index (χ4v) is 3.31. The van der Waals surface area contributed by atoms with Crippen molar-refractivity contribution in [3.8, 4) is 0 Å². The second-order valence-corrected chi connectivity index (χ2v) is 6.74. The van der Waals surface area contributed by atoms with Crippen molar-refractivity contribution in [1.29, 1.82) is 0 Å². The summed E-state index contributed by atoms with van der Waals surface area (Å²) in [4.78, 5) is 2.74. The Bertz CT molecular complexity index is 259. The molecule has 2 saturated carbocycles. The van der Waals surface area contributed by atoms with Gasteiger partial charge in [-0.2, -0.15) is 0 Å². The summed E-state index contributed by atoms with van der Waals surface area (Å²) in [5, 5.41) is 13.0. The van der Waals surface area contributed by atoms with E-state index in [2.05, 4.69) is 24.1 Å². The zero-order valence-electron chi connectivity index (χ0n) is 12.3.